The van der Waals surface area contributed by atoms with E-state index in [0.717, 1.165) is 49.8 Å². The van der Waals surface area contributed by atoms with Gasteiger partial charge in [-0.05, 0) is 91.9 Å². The number of carbonyl (C=O) groups excluding carboxylic acids is 1. The monoisotopic (exact) mass is 536 g/mol. The molecule has 0 spiro atoms. The molecule has 2 aromatic rings. The number of carbonyl (C=O) groups is 1. The third-order valence-corrected chi connectivity index (χ3v) is 8.25. The number of amidine groups is 1. The van der Waals surface area contributed by atoms with Crippen molar-refractivity contribution in [2.45, 2.75) is 44.2 Å². The Balaban J connectivity index is 1.04. The number of anilines is 1. The van der Waals surface area contributed by atoms with Crippen molar-refractivity contribution in [2.24, 2.45) is 4.99 Å². The van der Waals surface area contributed by atoms with E-state index < -0.39 is 6.10 Å². The molecule has 0 aliphatic carbocycles. The highest BCUT2D eigenvalue weighted by Crippen LogP contribution is 2.32. The molecular formula is C29H36N4O4S. The molecule has 0 radical (unpaired) electrons. The van der Waals surface area contributed by atoms with Gasteiger partial charge in [0.25, 0.3) is 5.91 Å². The van der Waals surface area contributed by atoms with Crippen molar-refractivity contribution in [3.8, 4) is 11.5 Å². The minimum atomic E-state index is -0.602. The Kier molecular flexibility index (Phi) is 8.88. The number of hydrogen-bond donors (Lipinski definition) is 3. The van der Waals surface area contributed by atoms with Crippen molar-refractivity contribution < 1.29 is 19.7 Å². The molecule has 3 aliphatic heterocycles. The van der Waals surface area contributed by atoms with E-state index in [-0.39, 0.29) is 18.3 Å². The van der Waals surface area contributed by atoms with E-state index in [0.29, 0.717) is 23.2 Å². The number of phenolic OH excluding ortho intramolecular Hbond substituents is 1. The third-order valence-electron chi connectivity index (χ3n) is 7.21. The van der Waals surface area contributed by atoms with Crippen LogP contribution in [0.25, 0.3) is 6.08 Å². The molecule has 1 atom stereocenters. The summed E-state index contributed by atoms with van der Waals surface area (Å²) in [6.07, 6.45) is 6.94. The molecule has 38 heavy (non-hydrogen) atoms. The molecule has 2 saturated heterocycles. The predicted molar refractivity (Wildman–Crippen MR) is 153 cm³/mol. The van der Waals surface area contributed by atoms with E-state index in [1.165, 1.54) is 36.7 Å². The standard InChI is InChI=1S/C29H36N4O4S/c34-24-8-10-26(11-9-24)37-20-25(35)19-30-22-12-16-32(17-13-22)23-6-4-21(5-7-23)18-27-28(36)31-29(38-27)33-14-2-1-3-15-33/h4-11,18,22,25,30,34-35H,1-3,12-17,19-20H2/t25-/m0/s1. The van der Waals surface area contributed by atoms with Crippen molar-refractivity contribution in [3.05, 3.63) is 59.0 Å². The molecular weight excluding hydrogens is 500 g/mol. The molecule has 8 nitrogen and oxygen atoms in total. The Morgan fingerprint density at radius 3 is 2.42 bits per heavy atom. The van der Waals surface area contributed by atoms with E-state index in [2.05, 4.69) is 44.4 Å². The normalized spacial score (nSPS) is 20.6. The first-order valence-electron chi connectivity index (χ1n) is 13.5. The Morgan fingerprint density at radius 2 is 1.71 bits per heavy atom. The second kappa shape index (κ2) is 12.7. The number of aromatic hydroxyl groups is 1. The van der Waals surface area contributed by atoms with Crippen molar-refractivity contribution in [1.82, 2.24) is 10.2 Å². The fraction of sp³-hybridized carbons (Fsp3) is 0.448. The van der Waals surface area contributed by atoms with Crippen molar-refractivity contribution >= 4 is 34.6 Å². The number of thioether (sulfide) groups is 1. The zero-order valence-electron chi connectivity index (χ0n) is 21.6. The number of piperidine rings is 2. The van der Waals surface area contributed by atoms with E-state index in [4.69, 9.17) is 4.74 Å². The van der Waals surface area contributed by atoms with Gasteiger partial charge in [-0.1, -0.05) is 12.1 Å². The van der Waals surface area contributed by atoms with E-state index >= 15 is 0 Å². The number of aliphatic imine (C=N–C) groups is 1. The number of aliphatic hydroxyl groups excluding tert-OH is 1. The van der Waals surface area contributed by atoms with E-state index in [1.807, 2.05) is 6.08 Å². The van der Waals surface area contributed by atoms with Crippen LogP contribution >= 0.6 is 11.8 Å². The second-order valence-corrected chi connectivity index (χ2v) is 11.1. The predicted octanol–water partition coefficient (Wildman–Crippen LogP) is 3.85. The maximum Gasteiger partial charge on any atom is 0.286 e. The van der Waals surface area contributed by atoms with Gasteiger partial charge in [-0.3, -0.25) is 4.79 Å². The molecule has 0 aromatic heterocycles. The lowest BCUT2D eigenvalue weighted by Gasteiger charge is -2.34. The van der Waals surface area contributed by atoms with Crippen LogP contribution in [0, 0.1) is 0 Å². The number of aliphatic hydroxyl groups is 1. The Hall–Kier alpha value is -3.01. The molecule has 1 amide bonds. The summed E-state index contributed by atoms with van der Waals surface area (Å²) in [6.45, 7) is 4.55. The second-order valence-electron chi connectivity index (χ2n) is 10.1. The quantitative estimate of drug-likeness (QED) is 0.438. The first kappa shape index (κ1) is 26.6. The van der Waals surface area contributed by atoms with Gasteiger partial charge in [-0.2, -0.15) is 4.99 Å². The number of ether oxygens (including phenoxy) is 1. The van der Waals surface area contributed by atoms with E-state index in [9.17, 15) is 15.0 Å². The minimum absolute atomic E-state index is 0.133. The fourth-order valence-electron chi connectivity index (χ4n) is 4.99. The maximum atomic E-state index is 12.4. The molecule has 9 heteroatoms. The number of nitrogens with one attached hydrogen (secondary N) is 1. The van der Waals surface area contributed by atoms with Gasteiger partial charge in [0.05, 0.1) is 4.91 Å². The lowest BCUT2D eigenvalue weighted by molar-refractivity contribution is -0.113. The summed E-state index contributed by atoms with van der Waals surface area (Å²) >= 11 is 1.50. The van der Waals surface area contributed by atoms with Gasteiger partial charge in [-0.15, -0.1) is 0 Å². The smallest absolute Gasteiger partial charge is 0.286 e. The summed E-state index contributed by atoms with van der Waals surface area (Å²) in [4.78, 5) is 22.0. The van der Waals surface area contributed by atoms with Gasteiger partial charge in [-0.25, -0.2) is 0 Å². The molecule has 3 aliphatic rings. The van der Waals surface area contributed by atoms with Crippen LogP contribution in [-0.4, -0.2) is 77.7 Å². The SMILES string of the molecule is O=C1N=C(N2CCCCC2)SC1=Cc1ccc(N2CCC(NC[C@H](O)COc3ccc(O)cc3)CC2)cc1. The zero-order valence-corrected chi connectivity index (χ0v) is 22.4. The average molecular weight is 537 g/mol. The van der Waals surface area contributed by atoms with Crippen molar-refractivity contribution in [3.63, 3.8) is 0 Å². The number of benzene rings is 2. The number of rotatable bonds is 8. The molecule has 2 aromatic carbocycles. The van der Waals surface area contributed by atoms with Gasteiger partial charge in [0.15, 0.2) is 5.17 Å². The number of phenols is 1. The summed E-state index contributed by atoms with van der Waals surface area (Å²) in [6, 6.07) is 15.3. The average Bonchev–Trinajstić information content (AvgIpc) is 3.32. The summed E-state index contributed by atoms with van der Waals surface area (Å²) in [5.74, 6) is 0.684. The van der Waals surface area contributed by atoms with Gasteiger partial charge in [0.2, 0.25) is 0 Å². The first-order valence-corrected chi connectivity index (χ1v) is 14.3. The number of likely N-dealkylation sites (tertiary alicyclic amines) is 1. The zero-order chi connectivity index (χ0) is 26.3. The topological polar surface area (TPSA) is 97.6 Å². The van der Waals surface area contributed by atoms with Crippen LogP contribution in [0.1, 0.15) is 37.7 Å². The summed E-state index contributed by atoms with van der Waals surface area (Å²) < 4.78 is 5.59. The molecule has 5 rings (SSSR count). The Morgan fingerprint density at radius 1 is 1.00 bits per heavy atom. The molecule has 0 unspecified atom stereocenters. The van der Waals surface area contributed by atoms with Crippen LogP contribution in [-0.2, 0) is 4.79 Å². The van der Waals surface area contributed by atoms with Crippen LogP contribution in [0.3, 0.4) is 0 Å². The van der Waals surface area contributed by atoms with Gasteiger partial charge in [0, 0.05) is 44.5 Å². The summed E-state index contributed by atoms with van der Waals surface area (Å²) in [5.41, 5.74) is 2.20. The summed E-state index contributed by atoms with van der Waals surface area (Å²) in [5, 5.41) is 23.9. The molecule has 3 N–H and O–H groups in total. The number of amides is 1. The summed E-state index contributed by atoms with van der Waals surface area (Å²) in [7, 11) is 0. The lowest BCUT2D eigenvalue weighted by Crippen LogP contribution is -2.45. The van der Waals surface area contributed by atoms with Gasteiger partial charge in [0.1, 0.15) is 24.2 Å². The van der Waals surface area contributed by atoms with Gasteiger partial charge >= 0.3 is 0 Å². The molecule has 3 heterocycles. The highest BCUT2D eigenvalue weighted by atomic mass is 32.2. The Bertz CT molecular complexity index is 1140. The highest BCUT2D eigenvalue weighted by Gasteiger charge is 2.27. The first-order chi connectivity index (χ1) is 18.5. The molecule has 0 bridgehead atoms. The lowest BCUT2D eigenvalue weighted by atomic mass is 10.0. The van der Waals surface area contributed by atoms with Crippen LogP contribution in [0.4, 0.5) is 5.69 Å². The maximum absolute atomic E-state index is 12.4. The third kappa shape index (κ3) is 7.09. The molecule has 0 saturated carbocycles. The largest absolute Gasteiger partial charge is 0.508 e. The Labute approximate surface area is 228 Å². The number of hydrogen-bond acceptors (Lipinski definition) is 8. The fourth-order valence-corrected chi connectivity index (χ4v) is 5.95. The number of nitrogens with zero attached hydrogens (tertiary/aromatic N) is 3. The van der Waals surface area contributed by atoms with Crippen LogP contribution < -0.4 is 15.0 Å². The van der Waals surface area contributed by atoms with Gasteiger partial charge < -0.3 is 30.1 Å². The van der Waals surface area contributed by atoms with Crippen LogP contribution in [0.5, 0.6) is 11.5 Å². The van der Waals surface area contributed by atoms with E-state index in [1.54, 1.807) is 24.3 Å². The van der Waals surface area contributed by atoms with Crippen LogP contribution in [0.15, 0.2) is 58.4 Å². The minimum Gasteiger partial charge on any atom is -0.508 e. The van der Waals surface area contributed by atoms with Crippen molar-refractivity contribution in [1.29, 1.82) is 0 Å². The molecule has 202 valence electrons. The highest BCUT2D eigenvalue weighted by molar-refractivity contribution is 8.18. The molecule has 2 fully saturated rings. The van der Waals surface area contributed by atoms with Crippen molar-refractivity contribution in [2.75, 3.05) is 44.2 Å². The van der Waals surface area contributed by atoms with Crippen LogP contribution in [0.2, 0.25) is 0 Å².